The van der Waals surface area contributed by atoms with Crippen LogP contribution in [-0.2, 0) is 9.59 Å². The number of carbonyl (C=O) groups is 2. The van der Waals surface area contributed by atoms with Gasteiger partial charge in [-0.15, -0.1) is 0 Å². The second kappa shape index (κ2) is 9.60. The average Bonchev–Trinajstić information content (AvgIpc) is 3.03. The molecule has 0 aromatic heterocycles. The maximum Gasteiger partial charge on any atom is 0.242 e. The summed E-state index contributed by atoms with van der Waals surface area (Å²) in [6.45, 7) is 4.03. The van der Waals surface area contributed by atoms with Gasteiger partial charge in [-0.1, -0.05) is 36.9 Å². The molecule has 0 bridgehead atoms. The Morgan fingerprint density at radius 1 is 1.21 bits per heavy atom. The number of hydrogen-bond donors (Lipinski definition) is 1. The van der Waals surface area contributed by atoms with Crippen LogP contribution >= 0.6 is 11.8 Å². The molecule has 6 nitrogen and oxygen atoms in total. The Labute approximate surface area is 175 Å². The third kappa shape index (κ3) is 5.17. The van der Waals surface area contributed by atoms with E-state index < -0.39 is 5.25 Å². The molecule has 7 heteroatoms. The number of methoxy groups -OCH3 is 1. The molecule has 1 heterocycles. The number of anilines is 1. The predicted octanol–water partition coefficient (Wildman–Crippen LogP) is 4.45. The van der Waals surface area contributed by atoms with E-state index in [1.807, 2.05) is 68.4 Å². The van der Waals surface area contributed by atoms with Crippen molar-refractivity contribution in [3.8, 4) is 5.75 Å². The van der Waals surface area contributed by atoms with Gasteiger partial charge in [-0.3, -0.25) is 14.5 Å². The van der Waals surface area contributed by atoms with Crippen molar-refractivity contribution in [2.45, 2.75) is 38.0 Å². The minimum absolute atomic E-state index is 0.00850. The van der Waals surface area contributed by atoms with Crippen LogP contribution in [-0.4, -0.2) is 40.3 Å². The fourth-order valence-electron chi connectivity index (χ4n) is 2.95. The summed E-state index contributed by atoms with van der Waals surface area (Å²) in [4.78, 5) is 31.9. The molecule has 1 saturated heterocycles. The van der Waals surface area contributed by atoms with E-state index in [0.29, 0.717) is 5.17 Å². The summed E-state index contributed by atoms with van der Waals surface area (Å²) in [5.74, 6) is 0.495. The van der Waals surface area contributed by atoms with E-state index >= 15 is 0 Å². The third-order valence-corrected chi connectivity index (χ3v) is 5.88. The Kier molecular flexibility index (Phi) is 6.93. The topological polar surface area (TPSA) is 71.0 Å². The van der Waals surface area contributed by atoms with E-state index in [2.05, 4.69) is 10.3 Å². The number of nitrogens with one attached hydrogen (secondary N) is 1. The van der Waals surface area contributed by atoms with Gasteiger partial charge in [-0.25, -0.2) is 4.99 Å². The number of amidine groups is 1. The van der Waals surface area contributed by atoms with Crippen LogP contribution < -0.4 is 10.1 Å². The van der Waals surface area contributed by atoms with Crippen LogP contribution in [0.2, 0.25) is 0 Å². The summed E-state index contributed by atoms with van der Waals surface area (Å²) in [5, 5.41) is 3.00. The van der Waals surface area contributed by atoms with Crippen LogP contribution in [0, 0.1) is 0 Å². The summed E-state index contributed by atoms with van der Waals surface area (Å²) in [5.41, 5.74) is 1.46. The number of amides is 2. The highest BCUT2D eigenvalue weighted by atomic mass is 32.2. The van der Waals surface area contributed by atoms with Gasteiger partial charge in [-0.2, -0.15) is 0 Å². The first kappa shape index (κ1) is 20.9. The molecule has 0 radical (unpaired) electrons. The first-order valence-electron chi connectivity index (χ1n) is 9.59. The first-order valence-corrected chi connectivity index (χ1v) is 10.5. The van der Waals surface area contributed by atoms with E-state index in [0.717, 1.165) is 23.5 Å². The second-order valence-corrected chi connectivity index (χ2v) is 7.95. The van der Waals surface area contributed by atoms with E-state index in [9.17, 15) is 9.59 Å². The molecule has 2 amide bonds. The van der Waals surface area contributed by atoms with Crippen molar-refractivity contribution in [2.75, 3.05) is 12.4 Å². The molecule has 0 spiro atoms. The highest BCUT2D eigenvalue weighted by molar-refractivity contribution is 8.15. The van der Waals surface area contributed by atoms with Crippen molar-refractivity contribution in [3.05, 3.63) is 54.6 Å². The summed E-state index contributed by atoms with van der Waals surface area (Å²) in [6, 6.07) is 16.6. The third-order valence-electron chi connectivity index (χ3n) is 4.72. The lowest BCUT2D eigenvalue weighted by molar-refractivity contribution is -0.129. The summed E-state index contributed by atoms with van der Waals surface area (Å²) < 4.78 is 5.18. The van der Waals surface area contributed by atoms with Crippen molar-refractivity contribution in [2.24, 2.45) is 4.99 Å². The van der Waals surface area contributed by atoms with E-state index in [4.69, 9.17) is 4.74 Å². The molecule has 2 unspecified atom stereocenters. The van der Waals surface area contributed by atoms with Crippen LogP contribution in [0.3, 0.4) is 0 Å². The largest absolute Gasteiger partial charge is 0.497 e. The predicted molar refractivity (Wildman–Crippen MR) is 118 cm³/mol. The van der Waals surface area contributed by atoms with E-state index in [1.54, 1.807) is 12.0 Å². The van der Waals surface area contributed by atoms with Gasteiger partial charge < -0.3 is 10.1 Å². The van der Waals surface area contributed by atoms with Gasteiger partial charge in [0.15, 0.2) is 5.17 Å². The molecule has 1 fully saturated rings. The minimum atomic E-state index is -0.482. The fraction of sp³-hybridized carbons (Fsp3) is 0.318. The number of hydrogen-bond acceptors (Lipinski definition) is 5. The summed E-state index contributed by atoms with van der Waals surface area (Å²) in [6.07, 6.45) is 0.907. The molecule has 29 heavy (non-hydrogen) atoms. The molecule has 152 valence electrons. The second-order valence-electron chi connectivity index (χ2n) is 6.78. The number of nitrogens with zero attached hydrogens (tertiary/aromatic N) is 2. The smallest absolute Gasteiger partial charge is 0.242 e. The van der Waals surface area contributed by atoms with Crippen LogP contribution in [0.5, 0.6) is 5.75 Å². The van der Waals surface area contributed by atoms with Crippen molar-refractivity contribution in [3.63, 3.8) is 0 Å². The molecule has 2 aromatic rings. The standard InChI is InChI=1S/C22H25N3O3S/c1-4-15(2)25-21(27)19(14-20(26)23-16-8-6-5-7-9-16)29-22(25)24-17-10-12-18(28-3)13-11-17/h5-13,15,19H,4,14H2,1-3H3,(H,23,26). The lowest BCUT2D eigenvalue weighted by Crippen LogP contribution is -2.39. The lowest BCUT2D eigenvalue weighted by atomic mass is 10.2. The van der Waals surface area contributed by atoms with Gasteiger partial charge in [0.25, 0.3) is 0 Å². The Balaban J connectivity index is 1.76. The van der Waals surface area contributed by atoms with Crippen molar-refractivity contribution in [1.29, 1.82) is 0 Å². The van der Waals surface area contributed by atoms with Gasteiger partial charge in [-0.05, 0) is 49.7 Å². The Morgan fingerprint density at radius 3 is 2.52 bits per heavy atom. The molecule has 0 aliphatic carbocycles. The monoisotopic (exact) mass is 411 g/mol. The zero-order valence-corrected chi connectivity index (χ0v) is 17.6. The maximum absolute atomic E-state index is 13.0. The molecule has 1 N–H and O–H groups in total. The van der Waals surface area contributed by atoms with E-state index in [1.165, 1.54) is 11.8 Å². The van der Waals surface area contributed by atoms with Crippen molar-refractivity contribution in [1.82, 2.24) is 4.90 Å². The van der Waals surface area contributed by atoms with Crippen molar-refractivity contribution < 1.29 is 14.3 Å². The number of aliphatic imine (C=N–C) groups is 1. The summed E-state index contributed by atoms with van der Waals surface area (Å²) >= 11 is 1.35. The first-order chi connectivity index (χ1) is 14.0. The Morgan fingerprint density at radius 2 is 1.90 bits per heavy atom. The maximum atomic E-state index is 13.0. The van der Waals surface area contributed by atoms with Gasteiger partial charge >= 0.3 is 0 Å². The van der Waals surface area contributed by atoms with Gasteiger partial charge in [0, 0.05) is 18.2 Å². The van der Waals surface area contributed by atoms with Crippen LogP contribution in [0.4, 0.5) is 11.4 Å². The highest BCUT2D eigenvalue weighted by Gasteiger charge is 2.41. The van der Waals surface area contributed by atoms with Crippen LogP contribution in [0.15, 0.2) is 59.6 Å². The molecular weight excluding hydrogens is 386 g/mol. The van der Waals surface area contributed by atoms with Gasteiger partial charge in [0.05, 0.1) is 12.8 Å². The minimum Gasteiger partial charge on any atom is -0.497 e. The highest BCUT2D eigenvalue weighted by Crippen LogP contribution is 2.34. The molecule has 1 aliphatic heterocycles. The number of benzene rings is 2. The van der Waals surface area contributed by atoms with Gasteiger partial charge in [0.2, 0.25) is 11.8 Å². The number of rotatable bonds is 7. The Bertz CT molecular complexity index is 884. The quantitative estimate of drug-likeness (QED) is 0.730. The number of para-hydroxylation sites is 1. The zero-order valence-electron chi connectivity index (χ0n) is 16.8. The molecule has 2 atom stereocenters. The average molecular weight is 412 g/mol. The molecule has 1 aliphatic rings. The number of thioether (sulfide) groups is 1. The Hall–Kier alpha value is -2.80. The molecule has 2 aromatic carbocycles. The summed E-state index contributed by atoms with van der Waals surface area (Å²) in [7, 11) is 1.61. The van der Waals surface area contributed by atoms with Crippen LogP contribution in [0.1, 0.15) is 26.7 Å². The van der Waals surface area contributed by atoms with Crippen LogP contribution in [0.25, 0.3) is 0 Å². The van der Waals surface area contributed by atoms with Crippen molar-refractivity contribution >= 4 is 40.1 Å². The SMILES string of the molecule is CCC(C)N1C(=O)C(CC(=O)Nc2ccccc2)SC1=Nc1ccc(OC)cc1. The number of ether oxygens (including phenoxy) is 1. The lowest BCUT2D eigenvalue weighted by Gasteiger charge is -2.23. The molecule has 0 saturated carbocycles. The molecule has 3 rings (SSSR count). The zero-order chi connectivity index (χ0) is 20.8. The number of carbonyl (C=O) groups excluding carboxylic acids is 2. The van der Waals surface area contributed by atoms with E-state index in [-0.39, 0.29) is 24.3 Å². The van der Waals surface area contributed by atoms with Gasteiger partial charge in [0.1, 0.15) is 11.0 Å². The normalized spacial score (nSPS) is 18.7. The molecular formula is C22H25N3O3S. The fourth-order valence-corrected chi connectivity index (χ4v) is 4.20.